The summed E-state index contributed by atoms with van der Waals surface area (Å²) in [6, 6.07) is 5.42. The highest BCUT2D eigenvalue weighted by molar-refractivity contribution is 5.91. The van der Waals surface area contributed by atoms with Crippen molar-refractivity contribution in [3.8, 4) is 11.5 Å². The van der Waals surface area contributed by atoms with Gasteiger partial charge >= 0.3 is 6.03 Å². The fraction of sp³-hybridized carbons (Fsp3) is 0.611. The van der Waals surface area contributed by atoms with Crippen molar-refractivity contribution >= 4 is 11.7 Å². The normalized spacial score (nSPS) is 18.0. The van der Waals surface area contributed by atoms with Crippen LogP contribution in [0.15, 0.2) is 18.2 Å². The molecule has 2 aliphatic heterocycles. The van der Waals surface area contributed by atoms with Gasteiger partial charge in [0.1, 0.15) is 13.2 Å². The lowest BCUT2D eigenvalue weighted by Gasteiger charge is -2.32. The van der Waals surface area contributed by atoms with E-state index in [1.807, 2.05) is 25.2 Å². The minimum Gasteiger partial charge on any atom is -0.486 e. The third-order valence-corrected chi connectivity index (χ3v) is 4.72. The Kier molecular flexibility index (Phi) is 5.99. The average Bonchev–Trinajstić information content (AvgIpc) is 2.63. The van der Waals surface area contributed by atoms with Crippen molar-refractivity contribution in [1.82, 2.24) is 14.7 Å². The molecule has 0 bridgehead atoms. The van der Waals surface area contributed by atoms with E-state index >= 15 is 0 Å². The number of nitrogens with one attached hydrogen (secondary N) is 1. The van der Waals surface area contributed by atoms with E-state index in [-0.39, 0.29) is 6.03 Å². The molecule has 1 N–H and O–H groups in total. The summed E-state index contributed by atoms with van der Waals surface area (Å²) < 4.78 is 11.2. The number of fused-ring (bicyclic) bond motifs is 1. The van der Waals surface area contributed by atoms with E-state index in [4.69, 9.17) is 9.47 Å². The summed E-state index contributed by atoms with van der Waals surface area (Å²) in [4.78, 5) is 19.0. The first kappa shape index (κ1) is 17.8. The fourth-order valence-electron chi connectivity index (χ4n) is 3.09. The molecule has 7 nitrogen and oxygen atoms in total. The summed E-state index contributed by atoms with van der Waals surface area (Å²) in [6.07, 6.45) is 0.972. The van der Waals surface area contributed by atoms with Crippen LogP contribution in [0.2, 0.25) is 0 Å². The number of hydrogen-bond acceptors (Lipinski definition) is 5. The predicted molar refractivity (Wildman–Crippen MR) is 97.6 cm³/mol. The van der Waals surface area contributed by atoms with Crippen LogP contribution in [0.3, 0.4) is 0 Å². The molecule has 3 rings (SSSR count). The zero-order valence-corrected chi connectivity index (χ0v) is 15.2. The zero-order valence-electron chi connectivity index (χ0n) is 15.2. The van der Waals surface area contributed by atoms with Gasteiger partial charge in [-0.3, -0.25) is 0 Å². The molecule has 2 aliphatic rings. The highest BCUT2D eigenvalue weighted by Crippen LogP contribution is 2.37. The highest BCUT2D eigenvalue weighted by Gasteiger charge is 2.19. The molecular formula is C18H28N4O3. The summed E-state index contributed by atoms with van der Waals surface area (Å²) in [5, 5.41) is 2.93. The van der Waals surface area contributed by atoms with Crippen LogP contribution in [-0.4, -0.2) is 87.3 Å². The van der Waals surface area contributed by atoms with Gasteiger partial charge in [-0.2, -0.15) is 0 Å². The van der Waals surface area contributed by atoms with Crippen molar-refractivity contribution < 1.29 is 14.3 Å². The predicted octanol–water partition coefficient (Wildman–Crippen LogP) is 1.56. The first-order valence-corrected chi connectivity index (χ1v) is 8.95. The van der Waals surface area contributed by atoms with Crippen LogP contribution in [0.1, 0.15) is 6.42 Å². The quantitative estimate of drug-likeness (QED) is 0.875. The third kappa shape index (κ3) is 4.76. The van der Waals surface area contributed by atoms with Gasteiger partial charge in [0, 0.05) is 39.8 Å². The van der Waals surface area contributed by atoms with Crippen molar-refractivity contribution in [1.29, 1.82) is 0 Å². The van der Waals surface area contributed by atoms with E-state index in [1.165, 1.54) is 0 Å². The Bertz CT molecular complexity index is 588. The smallest absolute Gasteiger partial charge is 0.321 e. The molecule has 2 amide bonds. The van der Waals surface area contributed by atoms with Crippen molar-refractivity contribution in [3.63, 3.8) is 0 Å². The highest BCUT2D eigenvalue weighted by atomic mass is 16.6. The molecule has 2 heterocycles. The number of amides is 2. The average molecular weight is 348 g/mol. The van der Waals surface area contributed by atoms with Gasteiger partial charge in [-0.15, -0.1) is 0 Å². The molecule has 7 heteroatoms. The molecule has 25 heavy (non-hydrogen) atoms. The first-order chi connectivity index (χ1) is 12.1. The van der Waals surface area contributed by atoms with Gasteiger partial charge in [-0.25, -0.2) is 4.79 Å². The molecule has 0 atom stereocenters. The Balaban J connectivity index is 1.45. The number of likely N-dealkylation sites (N-methyl/N-ethyl adjacent to an activating group) is 1. The number of anilines is 1. The number of ether oxygens (including phenoxy) is 2. The maximum Gasteiger partial charge on any atom is 0.321 e. The molecule has 138 valence electrons. The van der Waals surface area contributed by atoms with E-state index in [0.29, 0.717) is 30.4 Å². The second-order valence-corrected chi connectivity index (χ2v) is 6.68. The second-order valence-electron chi connectivity index (χ2n) is 6.68. The molecular weight excluding hydrogens is 320 g/mol. The van der Waals surface area contributed by atoms with Crippen molar-refractivity contribution in [2.75, 3.05) is 71.9 Å². The molecule has 0 saturated carbocycles. The number of piperazine rings is 1. The molecule has 1 aromatic rings. The van der Waals surface area contributed by atoms with Crippen LogP contribution in [0.25, 0.3) is 0 Å². The monoisotopic (exact) mass is 348 g/mol. The Morgan fingerprint density at radius 2 is 1.96 bits per heavy atom. The maximum atomic E-state index is 12.4. The summed E-state index contributed by atoms with van der Waals surface area (Å²) in [5.41, 5.74) is 0.660. The van der Waals surface area contributed by atoms with Crippen LogP contribution in [0, 0.1) is 0 Å². The largest absolute Gasteiger partial charge is 0.486 e. The lowest BCUT2D eigenvalue weighted by atomic mass is 10.2. The van der Waals surface area contributed by atoms with Crippen LogP contribution < -0.4 is 14.8 Å². The summed E-state index contributed by atoms with van der Waals surface area (Å²) in [5.74, 6) is 1.30. The van der Waals surface area contributed by atoms with Gasteiger partial charge < -0.3 is 29.5 Å². The SMILES string of the molecule is CN1CCN(CCCN(C)C(=O)Nc2cccc3c2OCCO3)CC1. The Morgan fingerprint density at radius 3 is 2.76 bits per heavy atom. The minimum atomic E-state index is -0.124. The van der Waals surface area contributed by atoms with Crippen molar-refractivity contribution in [2.45, 2.75) is 6.42 Å². The number of carbonyl (C=O) groups is 1. The summed E-state index contributed by atoms with van der Waals surface area (Å²) in [6.45, 7) is 7.26. The molecule has 0 unspecified atom stereocenters. The molecule has 0 radical (unpaired) electrons. The van der Waals surface area contributed by atoms with Crippen LogP contribution in [0.5, 0.6) is 11.5 Å². The number of para-hydroxylation sites is 1. The number of benzene rings is 1. The fourth-order valence-corrected chi connectivity index (χ4v) is 3.09. The minimum absolute atomic E-state index is 0.124. The molecule has 0 spiro atoms. The molecule has 1 fully saturated rings. The van der Waals surface area contributed by atoms with Crippen LogP contribution in [-0.2, 0) is 0 Å². The lowest BCUT2D eigenvalue weighted by Crippen LogP contribution is -2.45. The van der Waals surface area contributed by atoms with E-state index in [2.05, 4.69) is 22.2 Å². The summed E-state index contributed by atoms with van der Waals surface area (Å²) in [7, 11) is 3.98. The number of rotatable bonds is 5. The Hall–Kier alpha value is -1.99. The summed E-state index contributed by atoms with van der Waals surface area (Å²) >= 11 is 0. The number of urea groups is 1. The number of carbonyl (C=O) groups excluding carboxylic acids is 1. The lowest BCUT2D eigenvalue weighted by molar-refractivity contribution is 0.149. The number of hydrogen-bond donors (Lipinski definition) is 1. The van der Waals surface area contributed by atoms with E-state index < -0.39 is 0 Å². The van der Waals surface area contributed by atoms with Gasteiger partial charge in [-0.05, 0) is 32.1 Å². The Morgan fingerprint density at radius 1 is 1.20 bits per heavy atom. The number of nitrogens with zero attached hydrogens (tertiary/aromatic N) is 3. The van der Waals surface area contributed by atoms with Crippen LogP contribution >= 0.6 is 0 Å². The Labute approximate surface area is 149 Å². The van der Waals surface area contributed by atoms with Crippen LogP contribution in [0.4, 0.5) is 10.5 Å². The van der Waals surface area contributed by atoms with Gasteiger partial charge in [0.25, 0.3) is 0 Å². The van der Waals surface area contributed by atoms with E-state index in [0.717, 1.165) is 45.7 Å². The van der Waals surface area contributed by atoms with E-state index in [1.54, 1.807) is 4.90 Å². The zero-order chi connectivity index (χ0) is 17.6. The molecule has 1 saturated heterocycles. The van der Waals surface area contributed by atoms with E-state index in [9.17, 15) is 4.79 Å². The standard InChI is InChI=1S/C18H28N4O3/c1-20-9-11-22(12-10-20)8-4-7-21(2)18(23)19-15-5-3-6-16-17(15)25-14-13-24-16/h3,5-6H,4,7-14H2,1-2H3,(H,19,23). The van der Waals surface area contributed by atoms with Gasteiger partial charge in [-0.1, -0.05) is 6.07 Å². The molecule has 0 aromatic heterocycles. The second kappa shape index (κ2) is 8.40. The van der Waals surface area contributed by atoms with Crippen molar-refractivity contribution in [3.05, 3.63) is 18.2 Å². The third-order valence-electron chi connectivity index (χ3n) is 4.72. The first-order valence-electron chi connectivity index (χ1n) is 8.95. The van der Waals surface area contributed by atoms with Gasteiger partial charge in [0.05, 0.1) is 5.69 Å². The molecule has 1 aromatic carbocycles. The molecule has 0 aliphatic carbocycles. The van der Waals surface area contributed by atoms with Crippen molar-refractivity contribution in [2.24, 2.45) is 0 Å². The maximum absolute atomic E-state index is 12.4. The van der Waals surface area contributed by atoms with Gasteiger partial charge in [0.15, 0.2) is 11.5 Å². The van der Waals surface area contributed by atoms with Gasteiger partial charge in [0.2, 0.25) is 0 Å². The topological polar surface area (TPSA) is 57.3 Å².